The van der Waals surface area contributed by atoms with E-state index in [0.29, 0.717) is 0 Å². The van der Waals surface area contributed by atoms with Gasteiger partial charge in [0.2, 0.25) is 5.91 Å². The summed E-state index contributed by atoms with van der Waals surface area (Å²) < 4.78 is 0. The van der Waals surface area contributed by atoms with Crippen molar-refractivity contribution >= 4 is 17.7 Å². The fraction of sp³-hybridized carbons (Fsp3) is 0.300. The van der Waals surface area contributed by atoms with Gasteiger partial charge in [0.05, 0.1) is 0 Å². The van der Waals surface area contributed by atoms with Gasteiger partial charge >= 0.3 is 5.97 Å². The average molecular weight is 223 g/mol. The van der Waals surface area contributed by atoms with Crippen LogP contribution in [0.2, 0.25) is 0 Å². The van der Waals surface area contributed by atoms with Crippen LogP contribution in [0.15, 0.2) is 18.3 Å². The first-order chi connectivity index (χ1) is 7.50. The topological polar surface area (TPSA) is 105 Å². The van der Waals surface area contributed by atoms with E-state index in [1.54, 1.807) is 6.92 Å². The molecule has 86 valence electrons. The third kappa shape index (κ3) is 3.23. The van der Waals surface area contributed by atoms with Gasteiger partial charge in [-0.05, 0) is 19.1 Å². The third-order valence-corrected chi connectivity index (χ3v) is 1.93. The second-order valence-corrected chi connectivity index (χ2v) is 3.42. The molecule has 1 rings (SSSR count). The van der Waals surface area contributed by atoms with Crippen molar-refractivity contribution in [3.63, 3.8) is 0 Å². The molecule has 0 aliphatic carbocycles. The molecule has 1 unspecified atom stereocenters. The van der Waals surface area contributed by atoms with Gasteiger partial charge in [0, 0.05) is 18.7 Å². The lowest BCUT2D eigenvalue weighted by Crippen LogP contribution is -2.25. The highest BCUT2D eigenvalue weighted by atomic mass is 16.4. The van der Waals surface area contributed by atoms with Gasteiger partial charge in [0.15, 0.2) is 0 Å². The lowest BCUT2D eigenvalue weighted by Gasteiger charge is -2.13. The zero-order valence-electron chi connectivity index (χ0n) is 8.80. The number of carboxylic acid groups (broad SMARTS) is 1. The summed E-state index contributed by atoms with van der Waals surface area (Å²) in [7, 11) is 0. The molecule has 0 aliphatic heterocycles. The van der Waals surface area contributed by atoms with E-state index in [2.05, 4.69) is 10.3 Å². The first kappa shape index (κ1) is 12.0. The molecule has 1 amide bonds. The Morgan fingerprint density at radius 1 is 1.62 bits per heavy atom. The summed E-state index contributed by atoms with van der Waals surface area (Å²) in [6, 6.07) is 2.72. The van der Waals surface area contributed by atoms with E-state index in [1.165, 1.54) is 18.3 Å². The molecule has 1 aromatic heterocycles. The fourth-order valence-electron chi connectivity index (χ4n) is 1.28. The fourth-order valence-corrected chi connectivity index (χ4v) is 1.28. The number of carbonyl (C=O) groups is 2. The van der Waals surface area contributed by atoms with E-state index in [0.717, 1.165) is 0 Å². The molecule has 0 spiro atoms. The van der Waals surface area contributed by atoms with E-state index >= 15 is 0 Å². The predicted octanol–water partition coefficient (Wildman–Crippen LogP) is 0.456. The highest BCUT2D eigenvalue weighted by molar-refractivity contribution is 5.93. The van der Waals surface area contributed by atoms with Crippen LogP contribution in [0.25, 0.3) is 0 Å². The molecule has 4 N–H and O–H groups in total. The monoisotopic (exact) mass is 223 g/mol. The number of pyridine rings is 1. The maximum atomic E-state index is 10.9. The van der Waals surface area contributed by atoms with Gasteiger partial charge in [0.1, 0.15) is 11.4 Å². The second kappa shape index (κ2) is 5.11. The molecule has 1 atom stereocenters. The minimum absolute atomic E-state index is 0.0684. The van der Waals surface area contributed by atoms with Crippen molar-refractivity contribution < 1.29 is 14.7 Å². The minimum Gasteiger partial charge on any atom is -0.478 e. The van der Waals surface area contributed by atoms with E-state index in [4.69, 9.17) is 10.8 Å². The number of primary amides is 1. The molecule has 0 aromatic carbocycles. The van der Waals surface area contributed by atoms with Crippen LogP contribution in [0.4, 0.5) is 5.82 Å². The zero-order chi connectivity index (χ0) is 12.1. The van der Waals surface area contributed by atoms with E-state index in [1.807, 2.05) is 0 Å². The molecule has 1 aromatic rings. The molecule has 0 aliphatic rings. The Labute approximate surface area is 92.5 Å². The number of nitrogens with zero attached hydrogens (tertiary/aromatic N) is 1. The Morgan fingerprint density at radius 3 is 2.88 bits per heavy atom. The van der Waals surface area contributed by atoms with E-state index in [9.17, 15) is 9.59 Å². The normalized spacial score (nSPS) is 11.8. The first-order valence-corrected chi connectivity index (χ1v) is 4.74. The highest BCUT2D eigenvalue weighted by Crippen LogP contribution is 2.13. The van der Waals surface area contributed by atoms with Crippen LogP contribution in [-0.2, 0) is 4.79 Å². The van der Waals surface area contributed by atoms with Gasteiger partial charge in [-0.2, -0.15) is 0 Å². The van der Waals surface area contributed by atoms with Crippen LogP contribution in [-0.4, -0.2) is 28.0 Å². The predicted molar refractivity (Wildman–Crippen MR) is 58.1 cm³/mol. The number of hydrogen-bond acceptors (Lipinski definition) is 4. The standard InChI is InChI=1S/C10H13N3O3/c1-6(5-8(11)14)13-9-7(10(15)16)3-2-4-12-9/h2-4,6H,5H2,1H3,(H2,11,14)(H,12,13)(H,15,16). The lowest BCUT2D eigenvalue weighted by atomic mass is 10.2. The number of nitrogens with two attached hydrogens (primary N) is 1. The minimum atomic E-state index is -1.07. The summed E-state index contributed by atoms with van der Waals surface area (Å²) in [5.74, 6) is -1.28. The van der Waals surface area contributed by atoms with Crippen molar-refractivity contribution in [2.75, 3.05) is 5.32 Å². The summed E-state index contributed by atoms with van der Waals surface area (Å²) in [4.78, 5) is 25.4. The van der Waals surface area contributed by atoms with Gasteiger partial charge in [0.25, 0.3) is 0 Å². The quantitative estimate of drug-likeness (QED) is 0.672. The molecular formula is C10H13N3O3. The number of aromatic carboxylic acids is 1. The molecule has 0 saturated carbocycles. The molecule has 1 heterocycles. The van der Waals surface area contributed by atoms with E-state index in [-0.39, 0.29) is 23.8 Å². The number of carboxylic acids is 1. The molecular weight excluding hydrogens is 210 g/mol. The van der Waals surface area contributed by atoms with Gasteiger partial charge in [-0.1, -0.05) is 0 Å². The maximum Gasteiger partial charge on any atom is 0.339 e. The smallest absolute Gasteiger partial charge is 0.339 e. The number of aromatic nitrogens is 1. The Balaban J connectivity index is 2.80. The van der Waals surface area contributed by atoms with Crippen LogP contribution in [0, 0.1) is 0 Å². The molecule has 6 nitrogen and oxygen atoms in total. The lowest BCUT2D eigenvalue weighted by molar-refractivity contribution is -0.118. The van der Waals surface area contributed by atoms with Crippen molar-refractivity contribution in [2.45, 2.75) is 19.4 Å². The molecule has 0 bridgehead atoms. The van der Waals surface area contributed by atoms with Crippen LogP contribution in [0.1, 0.15) is 23.7 Å². The number of amides is 1. The summed E-state index contributed by atoms with van der Waals surface area (Å²) in [6.07, 6.45) is 1.60. The summed E-state index contributed by atoms with van der Waals surface area (Å²) in [6.45, 7) is 1.73. The largest absolute Gasteiger partial charge is 0.478 e. The highest BCUT2D eigenvalue weighted by Gasteiger charge is 2.13. The van der Waals surface area contributed by atoms with Crippen LogP contribution in [0.5, 0.6) is 0 Å². The van der Waals surface area contributed by atoms with Crippen molar-refractivity contribution in [3.05, 3.63) is 23.9 Å². The van der Waals surface area contributed by atoms with Gasteiger partial charge in [-0.3, -0.25) is 4.79 Å². The van der Waals surface area contributed by atoms with Crippen LogP contribution in [0.3, 0.4) is 0 Å². The number of rotatable bonds is 5. The second-order valence-electron chi connectivity index (χ2n) is 3.42. The maximum absolute atomic E-state index is 10.9. The molecule has 0 saturated heterocycles. The number of anilines is 1. The van der Waals surface area contributed by atoms with Gasteiger partial charge in [-0.25, -0.2) is 9.78 Å². The Morgan fingerprint density at radius 2 is 2.31 bits per heavy atom. The Hall–Kier alpha value is -2.11. The number of carbonyl (C=O) groups excluding carboxylic acids is 1. The number of hydrogen-bond donors (Lipinski definition) is 3. The van der Waals surface area contributed by atoms with Crippen molar-refractivity contribution in [1.82, 2.24) is 4.98 Å². The van der Waals surface area contributed by atoms with Crippen LogP contribution < -0.4 is 11.1 Å². The van der Waals surface area contributed by atoms with Crippen molar-refractivity contribution in [2.24, 2.45) is 5.73 Å². The molecule has 6 heteroatoms. The summed E-state index contributed by atoms with van der Waals surface area (Å²) >= 11 is 0. The SMILES string of the molecule is CC(CC(N)=O)Nc1ncccc1C(=O)O. The average Bonchev–Trinajstić information content (AvgIpc) is 2.16. The Kier molecular flexibility index (Phi) is 3.82. The third-order valence-electron chi connectivity index (χ3n) is 1.93. The van der Waals surface area contributed by atoms with Gasteiger partial charge in [-0.15, -0.1) is 0 Å². The molecule has 16 heavy (non-hydrogen) atoms. The molecule has 0 fully saturated rings. The zero-order valence-corrected chi connectivity index (χ0v) is 8.80. The van der Waals surface area contributed by atoms with Crippen LogP contribution >= 0.6 is 0 Å². The van der Waals surface area contributed by atoms with Gasteiger partial charge < -0.3 is 16.2 Å². The first-order valence-electron chi connectivity index (χ1n) is 4.74. The Bertz CT molecular complexity index is 406. The van der Waals surface area contributed by atoms with Crippen molar-refractivity contribution in [3.8, 4) is 0 Å². The summed E-state index contributed by atoms with van der Waals surface area (Å²) in [5.41, 5.74) is 5.10. The van der Waals surface area contributed by atoms with Crippen molar-refractivity contribution in [1.29, 1.82) is 0 Å². The molecule has 0 radical (unpaired) electrons. The number of nitrogens with one attached hydrogen (secondary N) is 1. The van der Waals surface area contributed by atoms with E-state index < -0.39 is 11.9 Å². The summed E-state index contributed by atoms with van der Waals surface area (Å²) in [5, 5.41) is 11.7.